The van der Waals surface area contributed by atoms with Gasteiger partial charge in [0.1, 0.15) is 5.82 Å². The van der Waals surface area contributed by atoms with E-state index in [1.165, 1.54) is 30.0 Å². The average Bonchev–Trinajstić information content (AvgIpc) is 2.90. The van der Waals surface area contributed by atoms with Gasteiger partial charge in [-0.2, -0.15) is 0 Å². The second-order valence-electron chi connectivity index (χ2n) is 6.43. The van der Waals surface area contributed by atoms with Crippen LogP contribution in [0.15, 0.2) is 40.3 Å². The van der Waals surface area contributed by atoms with E-state index in [0.29, 0.717) is 16.6 Å². The van der Waals surface area contributed by atoms with Crippen molar-refractivity contribution >= 4 is 17.7 Å². The number of halogens is 1. The van der Waals surface area contributed by atoms with E-state index < -0.39 is 0 Å². The van der Waals surface area contributed by atoms with E-state index in [1.807, 2.05) is 4.90 Å². The maximum atomic E-state index is 13.0. The van der Waals surface area contributed by atoms with E-state index in [0.717, 1.165) is 44.3 Å². The van der Waals surface area contributed by atoms with Crippen molar-refractivity contribution in [3.63, 3.8) is 0 Å². The van der Waals surface area contributed by atoms with Crippen molar-refractivity contribution in [1.82, 2.24) is 14.9 Å². The number of amides is 1. The van der Waals surface area contributed by atoms with Crippen molar-refractivity contribution in [3.05, 3.63) is 57.8 Å². The Morgan fingerprint density at radius 1 is 1.15 bits per heavy atom. The average molecular weight is 375 g/mol. The zero-order valence-electron chi connectivity index (χ0n) is 14.5. The highest BCUT2D eigenvalue weighted by atomic mass is 32.2. The first-order valence-electron chi connectivity index (χ1n) is 8.85. The molecule has 0 spiro atoms. The number of benzene rings is 1. The zero-order chi connectivity index (χ0) is 18.4. The lowest BCUT2D eigenvalue weighted by molar-refractivity contribution is -0.130. The molecule has 0 unspecified atom stereocenters. The van der Waals surface area contributed by atoms with Gasteiger partial charge in [-0.3, -0.25) is 9.59 Å². The van der Waals surface area contributed by atoms with Crippen LogP contribution in [0.1, 0.15) is 36.9 Å². The van der Waals surface area contributed by atoms with Crippen LogP contribution in [0, 0.1) is 5.82 Å². The first-order chi connectivity index (χ1) is 12.6. The Balaban J connectivity index is 1.64. The van der Waals surface area contributed by atoms with Crippen molar-refractivity contribution in [2.75, 3.05) is 13.1 Å². The summed E-state index contributed by atoms with van der Waals surface area (Å²) in [6.45, 7) is 1.57. The largest absolute Gasteiger partial charge is 0.342 e. The van der Waals surface area contributed by atoms with E-state index in [-0.39, 0.29) is 23.7 Å². The molecule has 1 aromatic carbocycles. The summed E-state index contributed by atoms with van der Waals surface area (Å²) in [5.74, 6) is 0.311. The highest BCUT2D eigenvalue weighted by molar-refractivity contribution is 7.98. The quantitative estimate of drug-likeness (QED) is 0.644. The summed E-state index contributed by atoms with van der Waals surface area (Å²) >= 11 is 1.36. The number of thioether (sulfide) groups is 1. The van der Waals surface area contributed by atoms with Crippen molar-refractivity contribution in [2.24, 2.45) is 0 Å². The van der Waals surface area contributed by atoms with E-state index in [9.17, 15) is 14.0 Å². The maximum Gasteiger partial charge on any atom is 0.251 e. The van der Waals surface area contributed by atoms with Crippen LogP contribution in [0.3, 0.4) is 0 Å². The van der Waals surface area contributed by atoms with Crippen molar-refractivity contribution < 1.29 is 9.18 Å². The fourth-order valence-electron chi connectivity index (χ4n) is 2.96. The monoisotopic (exact) mass is 375 g/mol. The minimum atomic E-state index is -0.278. The lowest BCUT2D eigenvalue weighted by Gasteiger charge is -2.20. The molecule has 0 aliphatic carbocycles. The molecule has 0 radical (unpaired) electrons. The van der Waals surface area contributed by atoms with Gasteiger partial charge in [-0.05, 0) is 30.5 Å². The number of rotatable bonds is 5. The first kappa shape index (κ1) is 18.6. The van der Waals surface area contributed by atoms with E-state index in [1.54, 1.807) is 12.1 Å². The molecule has 1 N–H and O–H groups in total. The SMILES string of the molecule is O=C(Cc1cc(=O)[nH]c(SCc2ccc(F)cc2)n1)N1CCCCCC1. The maximum absolute atomic E-state index is 13.0. The smallest absolute Gasteiger partial charge is 0.251 e. The third-order valence-corrected chi connectivity index (χ3v) is 5.30. The Kier molecular flexibility index (Phi) is 6.44. The molecular formula is C19H22FN3O2S. The highest BCUT2D eigenvalue weighted by Crippen LogP contribution is 2.19. The van der Waals surface area contributed by atoms with Crippen molar-refractivity contribution in [1.29, 1.82) is 0 Å². The van der Waals surface area contributed by atoms with Gasteiger partial charge in [0, 0.05) is 24.9 Å². The molecule has 0 saturated carbocycles. The minimum absolute atomic E-state index is 0.0273. The van der Waals surface area contributed by atoms with Crippen molar-refractivity contribution in [2.45, 2.75) is 43.0 Å². The van der Waals surface area contributed by atoms with Gasteiger partial charge in [0.15, 0.2) is 5.16 Å². The number of hydrogen-bond donors (Lipinski definition) is 1. The number of carbonyl (C=O) groups is 1. The summed E-state index contributed by atoms with van der Waals surface area (Å²) in [5.41, 5.74) is 1.16. The van der Waals surface area contributed by atoms with E-state index >= 15 is 0 Å². The van der Waals surface area contributed by atoms with Gasteiger partial charge < -0.3 is 9.88 Å². The molecule has 0 atom stereocenters. The molecule has 1 fully saturated rings. The number of nitrogens with zero attached hydrogens (tertiary/aromatic N) is 2. The van der Waals surface area contributed by atoms with Gasteiger partial charge in [-0.25, -0.2) is 9.37 Å². The van der Waals surface area contributed by atoms with Gasteiger partial charge in [0.25, 0.3) is 5.56 Å². The topological polar surface area (TPSA) is 66.1 Å². The first-order valence-corrected chi connectivity index (χ1v) is 9.84. The second kappa shape index (κ2) is 8.98. The van der Waals surface area contributed by atoms with Crippen molar-refractivity contribution in [3.8, 4) is 0 Å². The molecule has 2 aromatic rings. The number of aromatic nitrogens is 2. The van der Waals surface area contributed by atoms with Crippen LogP contribution in [0.25, 0.3) is 0 Å². The molecule has 26 heavy (non-hydrogen) atoms. The van der Waals surface area contributed by atoms with Crippen LogP contribution in [-0.4, -0.2) is 33.9 Å². The number of H-pyrrole nitrogens is 1. The highest BCUT2D eigenvalue weighted by Gasteiger charge is 2.17. The molecule has 1 saturated heterocycles. The molecule has 1 aliphatic rings. The van der Waals surface area contributed by atoms with Gasteiger partial charge >= 0.3 is 0 Å². The molecule has 138 valence electrons. The number of likely N-dealkylation sites (tertiary alicyclic amines) is 1. The van der Waals surface area contributed by atoms with Crippen LogP contribution < -0.4 is 5.56 Å². The molecule has 2 heterocycles. The number of hydrogen-bond acceptors (Lipinski definition) is 4. The summed E-state index contributed by atoms with van der Waals surface area (Å²) in [7, 11) is 0. The van der Waals surface area contributed by atoms with Crippen LogP contribution in [0.5, 0.6) is 0 Å². The predicted octanol–water partition coefficient (Wildman–Crippen LogP) is 3.15. The Hall–Kier alpha value is -2.15. The Morgan fingerprint density at radius 2 is 1.85 bits per heavy atom. The predicted molar refractivity (Wildman–Crippen MR) is 99.6 cm³/mol. The molecular weight excluding hydrogens is 353 g/mol. The van der Waals surface area contributed by atoms with Gasteiger partial charge in [0.05, 0.1) is 12.1 Å². The summed E-state index contributed by atoms with van der Waals surface area (Å²) < 4.78 is 13.0. The van der Waals surface area contributed by atoms with Gasteiger partial charge in [0.2, 0.25) is 5.91 Å². The van der Waals surface area contributed by atoms with Gasteiger partial charge in [-0.15, -0.1) is 0 Å². The molecule has 1 amide bonds. The third-order valence-electron chi connectivity index (χ3n) is 4.35. The Morgan fingerprint density at radius 3 is 2.54 bits per heavy atom. The Labute approximate surface area is 156 Å². The van der Waals surface area contributed by atoms with E-state index in [4.69, 9.17) is 0 Å². The van der Waals surface area contributed by atoms with Gasteiger partial charge in [-0.1, -0.05) is 36.7 Å². The molecule has 7 heteroatoms. The lowest BCUT2D eigenvalue weighted by Crippen LogP contribution is -2.33. The summed E-state index contributed by atoms with van der Waals surface area (Å²) in [6.07, 6.45) is 4.54. The molecule has 1 aliphatic heterocycles. The standard InChI is InChI=1S/C19H22FN3O2S/c20-15-7-5-14(6-8-15)13-26-19-21-16(11-17(24)22-19)12-18(25)23-9-3-1-2-4-10-23/h5-8,11H,1-4,9-10,12-13H2,(H,21,22,24). The normalized spacial score (nSPS) is 14.9. The Bertz CT molecular complexity index is 799. The van der Waals surface area contributed by atoms with Crippen LogP contribution in [0.2, 0.25) is 0 Å². The fraction of sp³-hybridized carbons (Fsp3) is 0.421. The molecule has 3 rings (SSSR count). The molecule has 1 aromatic heterocycles. The summed E-state index contributed by atoms with van der Waals surface area (Å²) in [6, 6.07) is 7.60. The van der Waals surface area contributed by atoms with E-state index in [2.05, 4.69) is 9.97 Å². The third kappa shape index (κ3) is 5.42. The van der Waals surface area contributed by atoms with Crippen LogP contribution in [0.4, 0.5) is 4.39 Å². The number of aromatic amines is 1. The molecule has 0 bridgehead atoms. The van der Waals surface area contributed by atoms with Crippen LogP contribution >= 0.6 is 11.8 Å². The summed E-state index contributed by atoms with van der Waals surface area (Å²) in [5, 5.41) is 0.473. The molecule has 5 nitrogen and oxygen atoms in total. The minimum Gasteiger partial charge on any atom is -0.342 e. The zero-order valence-corrected chi connectivity index (χ0v) is 15.4. The lowest BCUT2D eigenvalue weighted by atomic mass is 10.2. The second-order valence-corrected chi connectivity index (χ2v) is 7.39. The fourth-order valence-corrected chi connectivity index (χ4v) is 3.81. The number of carbonyl (C=O) groups excluding carboxylic acids is 1. The summed E-state index contributed by atoms with van der Waals surface area (Å²) in [4.78, 5) is 33.4. The number of nitrogens with one attached hydrogen (secondary N) is 1. The van der Waals surface area contributed by atoms with Crippen LogP contribution in [-0.2, 0) is 17.0 Å².